The molecule has 0 aromatic heterocycles. The molecule has 6 rings (SSSR count). The molecule has 0 spiro atoms. The van der Waals surface area contributed by atoms with Crippen molar-refractivity contribution in [3.05, 3.63) is 53.6 Å². The highest BCUT2D eigenvalue weighted by Gasteiger charge is 2.72. The number of methoxy groups -OCH3 is 1. The monoisotopic (exact) mass is 556 g/mol. The SMILES string of the molecule is C=C(C)[C@@H]1CCC2(C(=O)OC)CC[C@]3(C)C(CCC4[C@@]5(C)C/C(=C/c6ccccc6)C(=O)C(C)(C)C5CC[C@]43C)C12. The fourth-order valence-corrected chi connectivity index (χ4v) is 12.4. The summed E-state index contributed by atoms with van der Waals surface area (Å²) >= 11 is 0. The molecule has 0 bridgehead atoms. The quantitative estimate of drug-likeness (QED) is 0.212. The van der Waals surface area contributed by atoms with Crippen LogP contribution in [0.4, 0.5) is 0 Å². The number of hydrogen-bond donors (Lipinski definition) is 0. The molecular formula is C38H52O3. The Bertz CT molecular complexity index is 1290. The number of hydrogen-bond acceptors (Lipinski definition) is 3. The molecule has 5 fully saturated rings. The number of rotatable bonds is 3. The number of esters is 1. The lowest BCUT2D eigenvalue weighted by atomic mass is 9.32. The van der Waals surface area contributed by atoms with Crippen molar-refractivity contribution in [3.63, 3.8) is 0 Å². The van der Waals surface area contributed by atoms with Gasteiger partial charge in [-0.3, -0.25) is 9.59 Å². The lowest BCUT2D eigenvalue weighted by Gasteiger charge is -2.72. The third-order valence-electron chi connectivity index (χ3n) is 14.4. The highest BCUT2D eigenvalue weighted by molar-refractivity contribution is 6.04. The third-order valence-corrected chi connectivity index (χ3v) is 14.4. The van der Waals surface area contributed by atoms with Crippen LogP contribution >= 0.6 is 0 Å². The predicted octanol–water partition coefficient (Wildman–Crippen LogP) is 9.08. The van der Waals surface area contributed by atoms with Crippen molar-refractivity contribution < 1.29 is 14.3 Å². The number of fused-ring (bicyclic) bond motifs is 7. The first-order valence-electron chi connectivity index (χ1n) is 16.3. The Morgan fingerprint density at radius 2 is 1.61 bits per heavy atom. The number of carbonyl (C=O) groups excluding carboxylic acids is 2. The minimum absolute atomic E-state index is 0.0273. The van der Waals surface area contributed by atoms with E-state index in [1.807, 2.05) is 6.07 Å². The molecule has 9 atom stereocenters. The van der Waals surface area contributed by atoms with Gasteiger partial charge in [0.2, 0.25) is 0 Å². The molecule has 0 aliphatic heterocycles. The highest BCUT2D eigenvalue weighted by Crippen LogP contribution is 2.77. The molecule has 0 N–H and O–H groups in total. The number of Topliss-reactive ketones (excluding diaryl/α,β-unsaturated/α-hetero) is 1. The molecule has 5 aliphatic carbocycles. The van der Waals surface area contributed by atoms with Gasteiger partial charge in [-0.05, 0) is 128 Å². The van der Waals surface area contributed by atoms with Crippen LogP contribution in [0.2, 0.25) is 0 Å². The van der Waals surface area contributed by atoms with Crippen LogP contribution in [0, 0.1) is 56.7 Å². The Kier molecular flexibility index (Phi) is 6.65. The van der Waals surface area contributed by atoms with Crippen LogP contribution in [-0.4, -0.2) is 18.9 Å². The van der Waals surface area contributed by atoms with Gasteiger partial charge in [-0.25, -0.2) is 0 Å². The van der Waals surface area contributed by atoms with Gasteiger partial charge in [0.25, 0.3) is 0 Å². The molecule has 0 saturated heterocycles. The third kappa shape index (κ3) is 3.75. The normalized spacial score (nSPS) is 45.7. The molecule has 0 amide bonds. The van der Waals surface area contributed by atoms with Crippen LogP contribution in [-0.2, 0) is 14.3 Å². The molecule has 1 aromatic carbocycles. The maximum atomic E-state index is 14.0. The Morgan fingerprint density at radius 1 is 0.902 bits per heavy atom. The Labute approximate surface area is 248 Å². The van der Waals surface area contributed by atoms with Gasteiger partial charge in [0.05, 0.1) is 12.5 Å². The second kappa shape index (κ2) is 9.42. The molecule has 5 unspecified atom stereocenters. The molecule has 3 heteroatoms. The van der Waals surface area contributed by atoms with Gasteiger partial charge < -0.3 is 4.74 Å². The van der Waals surface area contributed by atoms with E-state index in [0.717, 1.165) is 49.7 Å². The number of benzene rings is 1. The molecule has 5 aliphatic rings. The number of carbonyl (C=O) groups is 2. The Balaban J connectivity index is 1.42. The van der Waals surface area contributed by atoms with E-state index in [9.17, 15) is 9.59 Å². The summed E-state index contributed by atoms with van der Waals surface area (Å²) in [5.74, 6) is 2.55. The fraction of sp³-hybridized carbons (Fsp3) is 0.684. The van der Waals surface area contributed by atoms with E-state index in [-0.39, 0.29) is 33.0 Å². The van der Waals surface area contributed by atoms with E-state index >= 15 is 0 Å². The average Bonchev–Trinajstić information content (AvgIpc) is 3.33. The predicted molar refractivity (Wildman–Crippen MR) is 166 cm³/mol. The first-order chi connectivity index (χ1) is 19.3. The van der Waals surface area contributed by atoms with Gasteiger partial charge in [-0.2, -0.15) is 0 Å². The molecule has 1 aromatic rings. The maximum absolute atomic E-state index is 14.0. The van der Waals surface area contributed by atoms with Crippen molar-refractivity contribution in [3.8, 4) is 0 Å². The zero-order valence-corrected chi connectivity index (χ0v) is 26.6. The zero-order chi connectivity index (χ0) is 29.6. The van der Waals surface area contributed by atoms with E-state index in [1.54, 1.807) is 7.11 Å². The molecular weight excluding hydrogens is 504 g/mol. The van der Waals surface area contributed by atoms with E-state index in [4.69, 9.17) is 4.74 Å². The largest absolute Gasteiger partial charge is 0.469 e. The second-order valence-corrected chi connectivity index (χ2v) is 16.1. The van der Waals surface area contributed by atoms with Gasteiger partial charge in [0.1, 0.15) is 0 Å². The number of ketones is 1. The van der Waals surface area contributed by atoms with E-state index < -0.39 is 0 Å². The minimum atomic E-state index is -0.365. The van der Waals surface area contributed by atoms with Crippen LogP contribution in [0.25, 0.3) is 6.08 Å². The summed E-state index contributed by atoms with van der Waals surface area (Å²) in [5, 5.41) is 0. The van der Waals surface area contributed by atoms with Gasteiger partial charge in [0.15, 0.2) is 5.78 Å². The van der Waals surface area contributed by atoms with Crippen molar-refractivity contribution in [1.82, 2.24) is 0 Å². The maximum Gasteiger partial charge on any atom is 0.312 e. The first-order valence-corrected chi connectivity index (χ1v) is 16.3. The van der Waals surface area contributed by atoms with Crippen LogP contribution in [0.5, 0.6) is 0 Å². The number of ether oxygens (including phenoxy) is 1. The van der Waals surface area contributed by atoms with Crippen molar-refractivity contribution in [1.29, 1.82) is 0 Å². The topological polar surface area (TPSA) is 43.4 Å². The summed E-state index contributed by atoms with van der Waals surface area (Å²) in [4.78, 5) is 27.5. The van der Waals surface area contributed by atoms with Crippen molar-refractivity contribution >= 4 is 17.8 Å². The number of allylic oxidation sites excluding steroid dienone is 2. The smallest absolute Gasteiger partial charge is 0.312 e. The van der Waals surface area contributed by atoms with E-state index in [2.05, 4.69) is 78.5 Å². The van der Waals surface area contributed by atoms with Crippen molar-refractivity contribution in [2.45, 2.75) is 99.3 Å². The van der Waals surface area contributed by atoms with E-state index in [0.29, 0.717) is 35.4 Å². The molecule has 222 valence electrons. The minimum Gasteiger partial charge on any atom is -0.469 e. The van der Waals surface area contributed by atoms with Crippen LogP contribution in [0.1, 0.15) is 105 Å². The van der Waals surface area contributed by atoms with Crippen LogP contribution in [0.3, 0.4) is 0 Å². The van der Waals surface area contributed by atoms with Crippen molar-refractivity contribution in [2.24, 2.45) is 56.7 Å². The average molecular weight is 557 g/mol. The zero-order valence-electron chi connectivity index (χ0n) is 26.6. The molecule has 0 radical (unpaired) electrons. The molecule has 41 heavy (non-hydrogen) atoms. The van der Waals surface area contributed by atoms with Crippen LogP contribution in [0.15, 0.2) is 48.1 Å². The Morgan fingerprint density at radius 3 is 2.27 bits per heavy atom. The lowest BCUT2D eigenvalue weighted by Crippen LogP contribution is -2.67. The molecule has 3 nitrogen and oxygen atoms in total. The van der Waals surface area contributed by atoms with E-state index in [1.165, 1.54) is 24.8 Å². The fourth-order valence-electron chi connectivity index (χ4n) is 12.4. The first kappa shape index (κ1) is 28.9. The molecule has 5 saturated carbocycles. The van der Waals surface area contributed by atoms with Gasteiger partial charge in [0, 0.05) is 5.41 Å². The van der Waals surface area contributed by atoms with Gasteiger partial charge in [-0.1, -0.05) is 77.1 Å². The summed E-state index contributed by atoms with van der Waals surface area (Å²) < 4.78 is 5.54. The molecule has 0 heterocycles. The van der Waals surface area contributed by atoms with Gasteiger partial charge >= 0.3 is 5.97 Å². The van der Waals surface area contributed by atoms with Crippen molar-refractivity contribution in [2.75, 3.05) is 7.11 Å². The summed E-state index contributed by atoms with van der Waals surface area (Å²) in [6.07, 6.45) is 11.7. The summed E-state index contributed by atoms with van der Waals surface area (Å²) in [6, 6.07) is 10.4. The second-order valence-electron chi connectivity index (χ2n) is 16.1. The summed E-state index contributed by atoms with van der Waals surface area (Å²) in [7, 11) is 1.59. The highest BCUT2D eigenvalue weighted by atomic mass is 16.5. The Hall–Kier alpha value is -2.16. The summed E-state index contributed by atoms with van der Waals surface area (Å²) in [5.41, 5.74) is 3.06. The summed E-state index contributed by atoms with van der Waals surface area (Å²) in [6.45, 7) is 18.9. The van der Waals surface area contributed by atoms with Crippen LogP contribution < -0.4 is 0 Å². The van der Waals surface area contributed by atoms with Gasteiger partial charge in [-0.15, -0.1) is 0 Å². The lowest BCUT2D eigenvalue weighted by molar-refractivity contribution is -0.232. The standard InChI is InChI=1S/C38H52O3/c1-24(2)27-16-19-38(33(40)41-8)21-20-36(6)28(31(27)38)14-15-30-35(5)23-26(22-25-12-10-9-11-13-25)32(39)34(3,4)29(35)17-18-37(30,36)7/h9-13,22,27-31H,1,14-21,23H2,2-8H3/b26-22-/t27-,28?,29?,30?,31?,35-,36+,37+,38?/m0/s1.